The smallest absolute Gasteiger partial charge is 0.161 e. The zero-order valence-corrected chi connectivity index (χ0v) is 11.0. The highest BCUT2D eigenvalue weighted by molar-refractivity contribution is 5.47. The molecule has 1 aliphatic rings. The maximum Gasteiger partial charge on any atom is 0.161 e. The van der Waals surface area contributed by atoms with Crippen molar-refractivity contribution in [1.29, 1.82) is 0 Å². The van der Waals surface area contributed by atoms with E-state index in [-0.39, 0.29) is 11.5 Å². The first-order chi connectivity index (χ1) is 8.02. The van der Waals surface area contributed by atoms with Crippen LogP contribution in [0.2, 0.25) is 0 Å². The van der Waals surface area contributed by atoms with Crippen molar-refractivity contribution in [2.75, 3.05) is 13.7 Å². The van der Waals surface area contributed by atoms with Crippen LogP contribution in [0, 0.1) is 5.41 Å². The molecule has 1 aromatic rings. The van der Waals surface area contributed by atoms with Gasteiger partial charge in [0, 0.05) is 12.0 Å². The SMILES string of the molecule is CCOc1ccc(C2C(N)C2(C)C)cc1OC. The second-order valence-electron chi connectivity index (χ2n) is 5.17. The molecule has 17 heavy (non-hydrogen) atoms. The number of ether oxygens (including phenoxy) is 2. The predicted molar refractivity (Wildman–Crippen MR) is 68.7 cm³/mol. The van der Waals surface area contributed by atoms with E-state index in [4.69, 9.17) is 15.2 Å². The van der Waals surface area contributed by atoms with Gasteiger partial charge in [-0.25, -0.2) is 0 Å². The van der Waals surface area contributed by atoms with Gasteiger partial charge in [0.2, 0.25) is 0 Å². The Labute approximate surface area is 103 Å². The number of benzene rings is 1. The third-order valence-electron chi connectivity index (χ3n) is 3.76. The maximum absolute atomic E-state index is 6.09. The number of rotatable bonds is 4. The zero-order chi connectivity index (χ0) is 12.6. The molecule has 1 saturated carbocycles. The van der Waals surface area contributed by atoms with Gasteiger partial charge in [-0.05, 0) is 30.0 Å². The Kier molecular flexibility index (Phi) is 3.04. The summed E-state index contributed by atoms with van der Waals surface area (Å²) < 4.78 is 10.9. The first-order valence-corrected chi connectivity index (χ1v) is 6.08. The number of hydrogen-bond donors (Lipinski definition) is 1. The highest BCUT2D eigenvalue weighted by Crippen LogP contribution is 2.57. The number of methoxy groups -OCH3 is 1. The summed E-state index contributed by atoms with van der Waals surface area (Å²) in [6, 6.07) is 6.35. The van der Waals surface area contributed by atoms with Crippen LogP contribution in [-0.2, 0) is 0 Å². The fraction of sp³-hybridized carbons (Fsp3) is 0.571. The Morgan fingerprint density at radius 2 is 1.94 bits per heavy atom. The van der Waals surface area contributed by atoms with Crippen LogP contribution in [0.4, 0.5) is 0 Å². The summed E-state index contributed by atoms with van der Waals surface area (Å²) in [7, 11) is 1.67. The topological polar surface area (TPSA) is 44.5 Å². The lowest BCUT2D eigenvalue weighted by molar-refractivity contribution is 0.310. The maximum atomic E-state index is 6.09. The van der Waals surface area contributed by atoms with Crippen molar-refractivity contribution in [3.63, 3.8) is 0 Å². The quantitative estimate of drug-likeness (QED) is 0.872. The predicted octanol–water partition coefficient (Wildman–Crippen LogP) is 2.54. The molecule has 0 bridgehead atoms. The molecule has 0 spiro atoms. The average Bonchev–Trinajstić information content (AvgIpc) is 2.79. The lowest BCUT2D eigenvalue weighted by Gasteiger charge is -2.11. The highest BCUT2D eigenvalue weighted by atomic mass is 16.5. The van der Waals surface area contributed by atoms with E-state index in [1.165, 1.54) is 5.56 Å². The number of hydrogen-bond acceptors (Lipinski definition) is 3. The first-order valence-electron chi connectivity index (χ1n) is 6.08. The minimum absolute atomic E-state index is 0.193. The molecule has 2 unspecified atom stereocenters. The van der Waals surface area contributed by atoms with Crippen LogP contribution in [0.1, 0.15) is 32.3 Å². The van der Waals surface area contributed by atoms with E-state index in [9.17, 15) is 0 Å². The third-order valence-corrected chi connectivity index (χ3v) is 3.76. The normalized spacial score (nSPS) is 25.5. The fourth-order valence-electron chi connectivity index (χ4n) is 2.47. The molecule has 0 saturated heterocycles. The van der Waals surface area contributed by atoms with Gasteiger partial charge in [0.05, 0.1) is 13.7 Å². The van der Waals surface area contributed by atoms with Gasteiger partial charge in [-0.3, -0.25) is 0 Å². The summed E-state index contributed by atoms with van der Waals surface area (Å²) in [4.78, 5) is 0. The van der Waals surface area contributed by atoms with Crippen molar-refractivity contribution < 1.29 is 9.47 Å². The molecule has 0 heterocycles. The first kappa shape index (κ1) is 12.2. The molecule has 3 nitrogen and oxygen atoms in total. The molecule has 1 aromatic carbocycles. The molecular formula is C14H21NO2. The Morgan fingerprint density at radius 1 is 1.29 bits per heavy atom. The second kappa shape index (κ2) is 4.22. The van der Waals surface area contributed by atoms with Crippen LogP contribution in [0.25, 0.3) is 0 Å². The van der Waals surface area contributed by atoms with Crippen molar-refractivity contribution >= 4 is 0 Å². The largest absolute Gasteiger partial charge is 0.493 e. The average molecular weight is 235 g/mol. The van der Waals surface area contributed by atoms with E-state index in [2.05, 4.69) is 19.9 Å². The zero-order valence-electron chi connectivity index (χ0n) is 11.0. The molecule has 1 aliphatic carbocycles. The summed E-state index contributed by atoms with van der Waals surface area (Å²) in [5.41, 5.74) is 7.52. The molecule has 3 heteroatoms. The standard InChI is InChI=1S/C14H21NO2/c1-5-17-10-7-6-9(8-11(10)16-4)12-13(15)14(12,2)3/h6-8,12-13H,5,15H2,1-4H3. The molecule has 2 N–H and O–H groups in total. The van der Waals surface area contributed by atoms with Gasteiger partial charge < -0.3 is 15.2 Å². The van der Waals surface area contributed by atoms with E-state index in [1.54, 1.807) is 7.11 Å². The van der Waals surface area contributed by atoms with Crippen molar-refractivity contribution in [2.45, 2.75) is 32.7 Å². The Hall–Kier alpha value is -1.22. The van der Waals surface area contributed by atoms with Crippen LogP contribution in [0.3, 0.4) is 0 Å². The molecule has 0 amide bonds. The van der Waals surface area contributed by atoms with Crippen LogP contribution in [0.5, 0.6) is 11.5 Å². The highest BCUT2D eigenvalue weighted by Gasteiger charge is 2.56. The minimum Gasteiger partial charge on any atom is -0.493 e. The van der Waals surface area contributed by atoms with E-state index in [1.807, 2.05) is 19.1 Å². The van der Waals surface area contributed by atoms with E-state index < -0.39 is 0 Å². The van der Waals surface area contributed by atoms with Crippen molar-refractivity contribution in [1.82, 2.24) is 0 Å². The lowest BCUT2D eigenvalue weighted by Crippen LogP contribution is -2.06. The summed E-state index contributed by atoms with van der Waals surface area (Å²) in [5, 5.41) is 0. The molecule has 2 atom stereocenters. The van der Waals surface area contributed by atoms with Crippen LogP contribution in [-0.4, -0.2) is 19.8 Å². The second-order valence-corrected chi connectivity index (χ2v) is 5.17. The van der Waals surface area contributed by atoms with Gasteiger partial charge in [-0.1, -0.05) is 19.9 Å². The Morgan fingerprint density at radius 3 is 2.41 bits per heavy atom. The van der Waals surface area contributed by atoms with Gasteiger partial charge in [0.25, 0.3) is 0 Å². The molecule has 0 aromatic heterocycles. The van der Waals surface area contributed by atoms with Crippen molar-refractivity contribution in [3.05, 3.63) is 23.8 Å². The third kappa shape index (κ3) is 2.00. The Bertz CT molecular complexity index is 415. The summed E-state index contributed by atoms with van der Waals surface area (Å²) in [5.74, 6) is 2.01. The minimum atomic E-state index is 0.193. The lowest BCUT2D eigenvalue weighted by atomic mass is 10.0. The van der Waals surface area contributed by atoms with Gasteiger partial charge in [0.1, 0.15) is 0 Å². The Balaban J connectivity index is 2.27. The molecule has 0 radical (unpaired) electrons. The molecule has 1 fully saturated rings. The molecular weight excluding hydrogens is 214 g/mol. The summed E-state index contributed by atoms with van der Waals surface area (Å²) >= 11 is 0. The van der Waals surface area contributed by atoms with Gasteiger partial charge >= 0.3 is 0 Å². The van der Waals surface area contributed by atoms with E-state index in [0.717, 1.165) is 11.5 Å². The van der Waals surface area contributed by atoms with E-state index in [0.29, 0.717) is 12.5 Å². The van der Waals surface area contributed by atoms with Crippen LogP contribution in [0.15, 0.2) is 18.2 Å². The monoisotopic (exact) mass is 235 g/mol. The van der Waals surface area contributed by atoms with Crippen molar-refractivity contribution in [3.8, 4) is 11.5 Å². The van der Waals surface area contributed by atoms with Gasteiger partial charge in [-0.15, -0.1) is 0 Å². The molecule has 94 valence electrons. The number of nitrogens with two attached hydrogens (primary N) is 1. The van der Waals surface area contributed by atoms with Crippen LogP contribution < -0.4 is 15.2 Å². The van der Waals surface area contributed by atoms with E-state index >= 15 is 0 Å². The fourth-order valence-corrected chi connectivity index (χ4v) is 2.47. The summed E-state index contributed by atoms with van der Waals surface area (Å²) in [6.07, 6.45) is 0. The molecule has 0 aliphatic heterocycles. The van der Waals surface area contributed by atoms with Crippen molar-refractivity contribution in [2.24, 2.45) is 11.1 Å². The summed E-state index contributed by atoms with van der Waals surface area (Å²) in [6.45, 7) is 7.01. The van der Waals surface area contributed by atoms with Gasteiger partial charge in [0.15, 0.2) is 11.5 Å². The molecule has 2 rings (SSSR count). The van der Waals surface area contributed by atoms with Gasteiger partial charge in [-0.2, -0.15) is 0 Å². The van der Waals surface area contributed by atoms with Crippen LogP contribution >= 0.6 is 0 Å².